The van der Waals surface area contributed by atoms with E-state index in [-0.39, 0.29) is 4.90 Å². The summed E-state index contributed by atoms with van der Waals surface area (Å²) < 4.78 is 38.8. The number of sulfonamides is 1. The number of nitrogens with one attached hydrogen (secondary N) is 1. The Hall–Kier alpha value is -0.980. The van der Waals surface area contributed by atoms with Crippen molar-refractivity contribution in [1.29, 1.82) is 0 Å². The molecule has 1 heterocycles. The summed E-state index contributed by atoms with van der Waals surface area (Å²) in [5.74, 6) is -0.0753. The molecule has 4 nitrogen and oxygen atoms in total. The maximum Gasteiger partial charge on any atom is 0.243 e. The summed E-state index contributed by atoms with van der Waals surface area (Å²) in [6.45, 7) is 1.88. The second-order valence-corrected chi connectivity index (χ2v) is 6.47. The van der Waals surface area contributed by atoms with E-state index in [1.807, 2.05) is 7.05 Å². The van der Waals surface area contributed by atoms with Gasteiger partial charge >= 0.3 is 0 Å². The Kier molecular flexibility index (Phi) is 3.99. The molecule has 0 spiro atoms. The van der Waals surface area contributed by atoms with Gasteiger partial charge in [-0.05, 0) is 50.2 Å². The van der Waals surface area contributed by atoms with Crippen LogP contribution in [0, 0.1) is 11.7 Å². The third kappa shape index (κ3) is 2.71. The summed E-state index contributed by atoms with van der Waals surface area (Å²) in [7, 11) is -1.61. The normalized spacial score (nSPS) is 21.3. The second-order valence-electron chi connectivity index (χ2n) is 4.53. The zero-order chi connectivity index (χ0) is 13.2. The van der Waals surface area contributed by atoms with Gasteiger partial charge in [-0.25, -0.2) is 12.8 Å². The molecule has 0 amide bonds. The van der Waals surface area contributed by atoms with Gasteiger partial charge in [0.25, 0.3) is 0 Å². The topological polar surface area (TPSA) is 49.4 Å². The van der Waals surface area contributed by atoms with Crippen LogP contribution in [-0.4, -0.2) is 39.4 Å². The van der Waals surface area contributed by atoms with E-state index in [1.54, 1.807) is 0 Å². The maximum absolute atomic E-state index is 12.8. The fourth-order valence-electron chi connectivity index (χ4n) is 2.23. The van der Waals surface area contributed by atoms with Crippen LogP contribution < -0.4 is 5.32 Å². The lowest BCUT2D eigenvalue weighted by atomic mass is 10.1. The van der Waals surface area contributed by atoms with Gasteiger partial charge in [0.1, 0.15) is 5.82 Å². The largest absolute Gasteiger partial charge is 0.319 e. The number of hydrogen-bond donors (Lipinski definition) is 1. The minimum absolute atomic E-state index is 0.161. The average molecular weight is 272 g/mol. The molecule has 1 aromatic carbocycles. The lowest BCUT2D eigenvalue weighted by molar-refractivity contribution is 0.451. The molecule has 1 atom stereocenters. The predicted octanol–water partition coefficient (Wildman–Crippen LogP) is 1.06. The molecule has 1 aliphatic heterocycles. The van der Waals surface area contributed by atoms with Crippen LogP contribution in [0.5, 0.6) is 0 Å². The molecule has 1 N–H and O–H groups in total. The van der Waals surface area contributed by atoms with Crippen molar-refractivity contribution in [1.82, 2.24) is 9.62 Å². The van der Waals surface area contributed by atoms with Gasteiger partial charge in [-0.15, -0.1) is 0 Å². The van der Waals surface area contributed by atoms with Crippen LogP contribution in [0.1, 0.15) is 6.42 Å². The molecule has 0 radical (unpaired) electrons. The van der Waals surface area contributed by atoms with Gasteiger partial charge in [0.2, 0.25) is 10.0 Å². The summed E-state index contributed by atoms with van der Waals surface area (Å²) in [6, 6.07) is 4.98. The van der Waals surface area contributed by atoms with Crippen molar-refractivity contribution < 1.29 is 12.8 Å². The molecule has 2 rings (SSSR count). The highest BCUT2D eigenvalue weighted by molar-refractivity contribution is 7.89. The lowest BCUT2D eigenvalue weighted by Crippen LogP contribution is -2.30. The van der Waals surface area contributed by atoms with E-state index in [0.29, 0.717) is 19.0 Å². The summed E-state index contributed by atoms with van der Waals surface area (Å²) in [6.07, 6.45) is 0.862. The van der Waals surface area contributed by atoms with Gasteiger partial charge in [-0.1, -0.05) is 0 Å². The number of halogens is 1. The Bertz CT molecular complexity index is 501. The van der Waals surface area contributed by atoms with Gasteiger partial charge in [0, 0.05) is 13.1 Å². The second kappa shape index (κ2) is 5.34. The molecule has 18 heavy (non-hydrogen) atoms. The van der Waals surface area contributed by atoms with E-state index in [2.05, 4.69) is 5.32 Å². The Balaban J connectivity index is 2.15. The Labute approximate surface area is 107 Å². The van der Waals surface area contributed by atoms with Gasteiger partial charge in [-0.2, -0.15) is 4.31 Å². The molecule has 6 heteroatoms. The molecule has 0 saturated carbocycles. The number of nitrogens with zero attached hydrogens (tertiary/aromatic N) is 1. The first-order valence-electron chi connectivity index (χ1n) is 5.94. The third-order valence-electron chi connectivity index (χ3n) is 3.19. The first kappa shape index (κ1) is 13.5. The van der Waals surface area contributed by atoms with E-state index in [9.17, 15) is 12.8 Å². The van der Waals surface area contributed by atoms with E-state index in [4.69, 9.17) is 0 Å². The Morgan fingerprint density at radius 2 is 2.06 bits per heavy atom. The summed E-state index contributed by atoms with van der Waals surface area (Å²) in [4.78, 5) is 0.161. The van der Waals surface area contributed by atoms with Crippen molar-refractivity contribution in [2.24, 2.45) is 5.92 Å². The molecule has 1 fully saturated rings. The lowest BCUT2D eigenvalue weighted by Gasteiger charge is -2.16. The molecular formula is C12H17FN2O2S. The van der Waals surface area contributed by atoms with Crippen LogP contribution in [0.4, 0.5) is 4.39 Å². The summed E-state index contributed by atoms with van der Waals surface area (Å²) in [5.41, 5.74) is 0. The molecule has 0 unspecified atom stereocenters. The van der Waals surface area contributed by atoms with Crippen molar-refractivity contribution in [3.8, 4) is 0 Å². The zero-order valence-corrected chi connectivity index (χ0v) is 11.1. The van der Waals surface area contributed by atoms with E-state index in [1.165, 1.54) is 28.6 Å². The standard InChI is InChI=1S/C12H17FN2O2S/c1-14-8-10-6-7-15(9-10)18(16,17)12-4-2-11(13)3-5-12/h2-5,10,14H,6-9H2,1H3/t10-/m1/s1. The molecule has 1 aromatic rings. The van der Waals surface area contributed by atoms with Crippen molar-refractivity contribution in [2.45, 2.75) is 11.3 Å². The van der Waals surface area contributed by atoms with Crippen LogP contribution in [0.15, 0.2) is 29.2 Å². The Morgan fingerprint density at radius 3 is 2.67 bits per heavy atom. The Morgan fingerprint density at radius 1 is 1.39 bits per heavy atom. The van der Waals surface area contributed by atoms with Crippen LogP contribution in [-0.2, 0) is 10.0 Å². The van der Waals surface area contributed by atoms with Gasteiger partial charge in [0.15, 0.2) is 0 Å². The first-order valence-corrected chi connectivity index (χ1v) is 7.38. The van der Waals surface area contributed by atoms with Crippen LogP contribution >= 0.6 is 0 Å². The average Bonchev–Trinajstić information content (AvgIpc) is 2.79. The van der Waals surface area contributed by atoms with Gasteiger partial charge in [-0.3, -0.25) is 0 Å². The minimum Gasteiger partial charge on any atom is -0.319 e. The molecular weight excluding hydrogens is 255 g/mol. The van der Waals surface area contributed by atoms with Crippen LogP contribution in [0.3, 0.4) is 0 Å². The first-order chi connectivity index (χ1) is 8.54. The number of hydrogen-bond acceptors (Lipinski definition) is 3. The maximum atomic E-state index is 12.8. The van der Waals surface area contributed by atoms with Crippen LogP contribution in [0.25, 0.3) is 0 Å². The van der Waals surface area contributed by atoms with Crippen molar-refractivity contribution in [3.63, 3.8) is 0 Å². The molecule has 0 aromatic heterocycles. The quantitative estimate of drug-likeness (QED) is 0.891. The number of benzene rings is 1. The van der Waals surface area contributed by atoms with Gasteiger partial charge in [0.05, 0.1) is 4.90 Å². The fourth-order valence-corrected chi connectivity index (χ4v) is 3.76. The predicted molar refractivity (Wildman–Crippen MR) is 67.2 cm³/mol. The zero-order valence-electron chi connectivity index (χ0n) is 10.3. The molecule has 0 aliphatic carbocycles. The monoisotopic (exact) mass is 272 g/mol. The minimum atomic E-state index is -3.47. The van der Waals surface area contributed by atoms with E-state index < -0.39 is 15.8 Å². The fraction of sp³-hybridized carbons (Fsp3) is 0.500. The molecule has 0 bridgehead atoms. The smallest absolute Gasteiger partial charge is 0.243 e. The highest BCUT2D eigenvalue weighted by Crippen LogP contribution is 2.24. The highest BCUT2D eigenvalue weighted by Gasteiger charge is 2.31. The van der Waals surface area contributed by atoms with Crippen LogP contribution in [0.2, 0.25) is 0 Å². The van der Waals surface area contributed by atoms with Crippen molar-refractivity contribution >= 4 is 10.0 Å². The van der Waals surface area contributed by atoms with E-state index >= 15 is 0 Å². The molecule has 1 saturated heterocycles. The van der Waals surface area contributed by atoms with E-state index in [0.717, 1.165) is 13.0 Å². The molecule has 100 valence electrons. The molecule has 1 aliphatic rings. The number of rotatable bonds is 4. The van der Waals surface area contributed by atoms with Gasteiger partial charge < -0.3 is 5.32 Å². The van der Waals surface area contributed by atoms with Crippen molar-refractivity contribution in [2.75, 3.05) is 26.7 Å². The summed E-state index contributed by atoms with van der Waals surface area (Å²) >= 11 is 0. The third-order valence-corrected chi connectivity index (χ3v) is 5.07. The highest BCUT2D eigenvalue weighted by atomic mass is 32.2. The van der Waals surface area contributed by atoms with Crippen molar-refractivity contribution in [3.05, 3.63) is 30.1 Å². The SMILES string of the molecule is CNC[C@H]1CCN(S(=O)(=O)c2ccc(F)cc2)C1. The summed E-state index contributed by atoms with van der Waals surface area (Å²) in [5, 5.41) is 3.06.